The number of aromatic nitrogens is 1. The van der Waals surface area contributed by atoms with Crippen molar-refractivity contribution in [1.82, 2.24) is 9.29 Å². The van der Waals surface area contributed by atoms with Crippen LogP contribution in [0.15, 0.2) is 17.2 Å². The van der Waals surface area contributed by atoms with E-state index in [2.05, 4.69) is 4.72 Å². The Labute approximate surface area is 125 Å². The molecule has 1 aliphatic rings. The van der Waals surface area contributed by atoms with E-state index in [1.54, 1.807) is 19.4 Å². The Morgan fingerprint density at radius 3 is 2.76 bits per heavy atom. The molecule has 7 nitrogen and oxygen atoms in total. The van der Waals surface area contributed by atoms with Crippen LogP contribution in [0.4, 0.5) is 0 Å². The summed E-state index contributed by atoms with van der Waals surface area (Å²) in [6.07, 6.45) is 3.85. The molecule has 0 radical (unpaired) electrons. The van der Waals surface area contributed by atoms with Gasteiger partial charge in [0.15, 0.2) is 0 Å². The fraction of sp³-hybridized carbons (Fsp3) is 0.692. The van der Waals surface area contributed by atoms with Crippen molar-refractivity contribution in [2.75, 3.05) is 33.5 Å². The summed E-state index contributed by atoms with van der Waals surface area (Å²) >= 11 is 0. The second-order valence-corrected chi connectivity index (χ2v) is 6.78. The molecule has 0 bridgehead atoms. The van der Waals surface area contributed by atoms with Gasteiger partial charge in [-0.15, -0.1) is 0 Å². The average molecular weight is 317 g/mol. The molecule has 1 heterocycles. The highest BCUT2D eigenvalue weighted by Crippen LogP contribution is 2.37. The van der Waals surface area contributed by atoms with E-state index in [-0.39, 0.29) is 11.4 Å². The topological polar surface area (TPSA) is 95.6 Å². The number of rotatable bonds is 10. The van der Waals surface area contributed by atoms with E-state index in [9.17, 15) is 8.42 Å². The summed E-state index contributed by atoms with van der Waals surface area (Å²) in [5.41, 5.74) is 6.53. The number of nitrogens with one attached hydrogen (secondary N) is 1. The zero-order valence-corrected chi connectivity index (χ0v) is 13.1. The largest absolute Gasteiger partial charge is 0.382 e. The monoisotopic (exact) mass is 317 g/mol. The van der Waals surface area contributed by atoms with E-state index >= 15 is 0 Å². The standard InChI is InChI=1S/C13H23N3O4S/c1-19-6-7-20-5-4-15-21(17,18)13-8-12(9-14)16(10-13)11-2-3-11/h8,10-11,15H,2-7,9,14H2,1H3. The Morgan fingerprint density at radius 1 is 1.38 bits per heavy atom. The minimum atomic E-state index is -3.51. The van der Waals surface area contributed by atoms with Crippen molar-refractivity contribution in [3.05, 3.63) is 18.0 Å². The Morgan fingerprint density at radius 2 is 2.14 bits per heavy atom. The average Bonchev–Trinajstić information content (AvgIpc) is 3.21. The number of nitrogens with two attached hydrogens (primary N) is 1. The molecule has 1 aliphatic carbocycles. The van der Waals surface area contributed by atoms with Gasteiger partial charge in [0.1, 0.15) is 0 Å². The van der Waals surface area contributed by atoms with Crippen molar-refractivity contribution in [3.8, 4) is 0 Å². The van der Waals surface area contributed by atoms with Gasteiger partial charge in [0.2, 0.25) is 10.0 Å². The van der Waals surface area contributed by atoms with E-state index in [0.29, 0.717) is 32.4 Å². The molecule has 0 saturated heterocycles. The molecule has 1 aromatic rings. The molecule has 1 fully saturated rings. The highest BCUT2D eigenvalue weighted by atomic mass is 32.2. The molecule has 0 unspecified atom stereocenters. The van der Waals surface area contributed by atoms with Crippen LogP contribution in [-0.2, 0) is 26.0 Å². The lowest BCUT2D eigenvalue weighted by atomic mass is 10.4. The number of nitrogens with zero attached hydrogens (tertiary/aromatic N) is 1. The summed E-state index contributed by atoms with van der Waals surface area (Å²) < 4.78 is 39.0. The molecule has 120 valence electrons. The van der Waals surface area contributed by atoms with Gasteiger partial charge < -0.3 is 19.8 Å². The van der Waals surface area contributed by atoms with E-state index < -0.39 is 10.0 Å². The lowest BCUT2D eigenvalue weighted by Gasteiger charge is -2.06. The van der Waals surface area contributed by atoms with E-state index in [1.165, 1.54) is 0 Å². The quantitative estimate of drug-likeness (QED) is 0.602. The summed E-state index contributed by atoms with van der Waals surface area (Å²) in [5, 5.41) is 0. The molecular formula is C13H23N3O4S. The van der Waals surface area contributed by atoms with Crippen molar-refractivity contribution >= 4 is 10.0 Å². The smallest absolute Gasteiger partial charge is 0.242 e. The van der Waals surface area contributed by atoms with Gasteiger partial charge in [-0.2, -0.15) is 0 Å². The van der Waals surface area contributed by atoms with Crippen LogP contribution in [0.3, 0.4) is 0 Å². The maximum absolute atomic E-state index is 12.2. The summed E-state index contributed by atoms with van der Waals surface area (Å²) in [4.78, 5) is 0.270. The van der Waals surface area contributed by atoms with Gasteiger partial charge in [0.05, 0.1) is 24.7 Å². The molecular weight excluding hydrogens is 294 g/mol. The third-order valence-electron chi connectivity index (χ3n) is 3.34. The molecule has 21 heavy (non-hydrogen) atoms. The van der Waals surface area contributed by atoms with Crippen molar-refractivity contribution in [2.24, 2.45) is 5.73 Å². The maximum Gasteiger partial charge on any atom is 0.242 e. The molecule has 0 aliphatic heterocycles. The Balaban J connectivity index is 1.90. The number of sulfonamides is 1. The van der Waals surface area contributed by atoms with Gasteiger partial charge in [-0.3, -0.25) is 0 Å². The summed E-state index contributed by atoms with van der Waals surface area (Å²) in [5.74, 6) is 0. The van der Waals surface area contributed by atoms with Crippen molar-refractivity contribution in [2.45, 2.75) is 30.3 Å². The second kappa shape index (κ2) is 7.37. The normalized spacial score (nSPS) is 15.5. The fourth-order valence-electron chi connectivity index (χ4n) is 2.08. The molecule has 0 aromatic carbocycles. The van der Waals surface area contributed by atoms with Crippen LogP contribution in [0.1, 0.15) is 24.6 Å². The minimum absolute atomic E-state index is 0.235. The first-order chi connectivity index (χ1) is 10.1. The molecule has 1 saturated carbocycles. The zero-order valence-electron chi connectivity index (χ0n) is 12.2. The predicted molar refractivity (Wildman–Crippen MR) is 78.5 cm³/mol. The first-order valence-corrected chi connectivity index (χ1v) is 8.54. The van der Waals surface area contributed by atoms with Gasteiger partial charge >= 0.3 is 0 Å². The van der Waals surface area contributed by atoms with Crippen LogP contribution in [0.2, 0.25) is 0 Å². The summed E-state index contributed by atoms with van der Waals surface area (Å²) in [6.45, 7) is 1.84. The van der Waals surface area contributed by atoms with Gasteiger partial charge in [0, 0.05) is 38.1 Å². The molecule has 3 N–H and O–H groups in total. The lowest BCUT2D eigenvalue weighted by molar-refractivity contribution is 0.0736. The van der Waals surface area contributed by atoms with Gasteiger partial charge in [-0.25, -0.2) is 13.1 Å². The summed E-state index contributed by atoms with van der Waals surface area (Å²) in [6, 6.07) is 2.05. The third kappa shape index (κ3) is 4.52. The molecule has 0 spiro atoms. The van der Waals surface area contributed by atoms with Crippen LogP contribution in [0.5, 0.6) is 0 Å². The highest BCUT2D eigenvalue weighted by molar-refractivity contribution is 7.89. The Kier molecular flexibility index (Phi) is 5.77. The highest BCUT2D eigenvalue weighted by Gasteiger charge is 2.27. The second-order valence-electron chi connectivity index (χ2n) is 5.01. The first-order valence-electron chi connectivity index (χ1n) is 7.05. The van der Waals surface area contributed by atoms with Crippen LogP contribution in [-0.4, -0.2) is 46.5 Å². The predicted octanol–water partition coefficient (Wildman–Crippen LogP) is 0.223. The van der Waals surface area contributed by atoms with Crippen molar-refractivity contribution in [3.63, 3.8) is 0 Å². The molecule has 8 heteroatoms. The third-order valence-corrected chi connectivity index (χ3v) is 4.76. The van der Waals surface area contributed by atoms with Crippen molar-refractivity contribution in [1.29, 1.82) is 0 Å². The van der Waals surface area contributed by atoms with Crippen LogP contribution in [0, 0.1) is 0 Å². The number of methoxy groups -OCH3 is 1. The Hall–Kier alpha value is -0.930. The van der Waals surface area contributed by atoms with E-state index in [0.717, 1.165) is 18.5 Å². The van der Waals surface area contributed by atoms with Gasteiger partial charge in [-0.1, -0.05) is 0 Å². The van der Waals surface area contributed by atoms with E-state index in [4.69, 9.17) is 15.2 Å². The lowest BCUT2D eigenvalue weighted by Crippen LogP contribution is -2.27. The van der Waals surface area contributed by atoms with Gasteiger partial charge in [0.25, 0.3) is 0 Å². The number of hydrogen-bond donors (Lipinski definition) is 2. The van der Waals surface area contributed by atoms with Gasteiger partial charge in [-0.05, 0) is 18.9 Å². The fourth-order valence-corrected chi connectivity index (χ4v) is 3.14. The molecule has 0 atom stereocenters. The van der Waals surface area contributed by atoms with Crippen LogP contribution >= 0.6 is 0 Å². The van der Waals surface area contributed by atoms with E-state index in [1.807, 2.05) is 4.57 Å². The van der Waals surface area contributed by atoms with Crippen LogP contribution in [0.25, 0.3) is 0 Å². The maximum atomic E-state index is 12.2. The number of hydrogen-bond acceptors (Lipinski definition) is 5. The zero-order chi connectivity index (χ0) is 15.3. The van der Waals surface area contributed by atoms with Crippen molar-refractivity contribution < 1.29 is 17.9 Å². The first kappa shape index (κ1) is 16.4. The SMILES string of the molecule is COCCOCCNS(=O)(=O)c1cc(CN)n(C2CC2)c1. The summed E-state index contributed by atoms with van der Waals surface area (Å²) in [7, 11) is -1.92. The Bertz CT molecular complexity index is 552. The molecule has 0 amide bonds. The minimum Gasteiger partial charge on any atom is -0.382 e. The van der Waals surface area contributed by atoms with Crippen LogP contribution < -0.4 is 10.5 Å². The molecule has 2 rings (SSSR count). The number of ether oxygens (including phenoxy) is 2. The molecule has 1 aromatic heterocycles.